The smallest absolute Gasteiger partial charge is 0.372 e. The molecule has 0 radical (unpaired) electrons. The second-order valence-electron chi connectivity index (χ2n) is 4.31. The molecule has 0 amide bonds. The van der Waals surface area contributed by atoms with Gasteiger partial charge in [0.1, 0.15) is 6.61 Å². The molecule has 1 N–H and O–H groups in total. The fourth-order valence-corrected chi connectivity index (χ4v) is 1.86. The van der Waals surface area contributed by atoms with E-state index in [9.17, 15) is 13.2 Å². The van der Waals surface area contributed by atoms with Crippen molar-refractivity contribution in [2.45, 2.75) is 44.8 Å². The minimum absolute atomic E-state index is 0.203. The van der Waals surface area contributed by atoms with Gasteiger partial charge in [-0.15, -0.1) is 0 Å². The zero-order valence-electron chi connectivity index (χ0n) is 9.65. The Morgan fingerprint density at radius 3 is 2.56 bits per heavy atom. The maximum absolute atomic E-state index is 11.8. The van der Waals surface area contributed by atoms with E-state index in [4.69, 9.17) is 0 Å². The molecule has 0 spiro atoms. The Kier molecular flexibility index (Phi) is 5.55. The molecule has 1 fully saturated rings. The number of hydrogen-bond donors (Lipinski definition) is 1. The fraction of sp³-hybridized carbons (Fsp3) is 1.00. The van der Waals surface area contributed by atoms with Crippen molar-refractivity contribution in [3.05, 3.63) is 0 Å². The molecule has 0 aromatic heterocycles. The lowest BCUT2D eigenvalue weighted by Crippen LogP contribution is -2.31. The van der Waals surface area contributed by atoms with Gasteiger partial charge in [0, 0.05) is 12.6 Å². The fourth-order valence-electron chi connectivity index (χ4n) is 1.86. The molecule has 1 unspecified atom stereocenters. The van der Waals surface area contributed by atoms with Gasteiger partial charge in [-0.2, -0.15) is 13.2 Å². The summed E-state index contributed by atoms with van der Waals surface area (Å²) < 4.78 is 39.9. The SMILES string of the molecule is CCNC(CCCOCC(F)(F)F)C1CC1. The summed E-state index contributed by atoms with van der Waals surface area (Å²) >= 11 is 0. The lowest BCUT2D eigenvalue weighted by atomic mass is 10.1. The van der Waals surface area contributed by atoms with Crippen molar-refractivity contribution in [3.63, 3.8) is 0 Å². The number of ether oxygens (including phenoxy) is 1. The van der Waals surface area contributed by atoms with Gasteiger partial charge in [-0.3, -0.25) is 0 Å². The molecule has 1 aliphatic carbocycles. The Labute approximate surface area is 94.5 Å². The van der Waals surface area contributed by atoms with Crippen LogP contribution in [-0.2, 0) is 4.74 Å². The molecule has 0 aromatic rings. The minimum Gasteiger partial charge on any atom is -0.372 e. The number of hydrogen-bond acceptors (Lipinski definition) is 2. The molecular formula is C11H20F3NO. The van der Waals surface area contributed by atoms with Crippen LogP contribution >= 0.6 is 0 Å². The van der Waals surface area contributed by atoms with Crippen LogP contribution in [0.5, 0.6) is 0 Å². The van der Waals surface area contributed by atoms with Gasteiger partial charge in [0.25, 0.3) is 0 Å². The summed E-state index contributed by atoms with van der Waals surface area (Å²) in [4.78, 5) is 0. The summed E-state index contributed by atoms with van der Waals surface area (Å²) in [5.74, 6) is 0.738. The van der Waals surface area contributed by atoms with Crippen molar-refractivity contribution < 1.29 is 17.9 Å². The number of halogens is 3. The number of nitrogens with one attached hydrogen (secondary N) is 1. The van der Waals surface area contributed by atoms with Crippen molar-refractivity contribution in [2.24, 2.45) is 5.92 Å². The summed E-state index contributed by atoms with van der Waals surface area (Å²) in [6.45, 7) is 2.05. The number of alkyl halides is 3. The predicted molar refractivity (Wildman–Crippen MR) is 56.3 cm³/mol. The Bertz CT molecular complexity index is 192. The lowest BCUT2D eigenvalue weighted by Gasteiger charge is -2.17. The van der Waals surface area contributed by atoms with Crippen LogP contribution in [0.1, 0.15) is 32.6 Å². The maximum Gasteiger partial charge on any atom is 0.411 e. The van der Waals surface area contributed by atoms with Crippen LogP contribution in [0.4, 0.5) is 13.2 Å². The maximum atomic E-state index is 11.8. The molecule has 1 rings (SSSR count). The largest absolute Gasteiger partial charge is 0.411 e. The van der Waals surface area contributed by atoms with Crippen molar-refractivity contribution in [3.8, 4) is 0 Å². The summed E-state index contributed by atoms with van der Waals surface area (Å²) in [7, 11) is 0. The lowest BCUT2D eigenvalue weighted by molar-refractivity contribution is -0.174. The van der Waals surface area contributed by atoms with Crippen LogP contribution in [-0.4, -0.2) is 32.0 Å². The van der Waals surface area contributed by atoms with Gasteiger partial charge in [0.05, 0.1) is 0 Å². The second-order valence-corrected chi connectivity index (χ2v) is 4.31. The second kappa shape index (κ2) is 6.45. The van der Waals surface area contributed by atoms with Gasteiger partial charge >= 0.3 is 6.18 Å². The van der Waals surface area contributed by atoms with Crippen molar-refractivity contribution in [1.29, 1.82) is 0 Å². The van der Waals surface area contributed by atoms with E-state index in [2.05, 4.69) is 17.0 Å². The molecule has 1 saturated carbocycles. The quantitative estimate of drug-likeness (QED) is 0.658. The van der Waals surface area contributed by atoms with Crippen LogP contribution in [0.2, 0.25) is 0 Å². The third-order valence-corrected chi connectivity index (χ3v) is 2.73. The van der Waals surface area contributed by atoms with Gasteiger partial charge in [-0.05, 0) is 38.1 Å². The summed E-state index contributed by atoms with van der Waals surface area (Å²) in [5, 5.41) is 3.37. The molecule has 0 bridgehead atoms. The zero-order valence-corrected chi connectivity index (χ0v) is 9.65. The molecular weight excluding hydrogens is 219 g/mol. The summed E-state index contributed by atoms with van der Waals surface area (Å²) in [6, 6.07) is 0.472. The summed E-state index contributed by atoms with van der Waals surface area (Å²) in [5.41, 5.74) is 0. The Balaban J connectivity index is 2.00. The van der Waals surface area contributed by atoms with E-state index in [0.717, 1.165) is 18.9 Å². The van der Waals surface area contributed by atoms with E-state index in [1.807, 2.05) is 0 Å². The normalized spacial score (nSPS) is 18.8. The van der Waals surface area contributed by atoms with Gasteiger partial charge in [-0.25, -0.2) is 0 Å². The molecule has 5 heteroatoms. The molecule has 0 heterocycles. The van der Waals surface area contributed by atoms with Gasteiger partial charge in [0.15, 0.2) is 0 Å². The monoisotopic (exact) mass is 239 g/mol. The van der Waals surface area contributed by atoms with E-state index in [0.29, 0.717) is 12.5 Å². The van der Waals surface area contributed by atoms with Crippen molar-refractivity contribution in [2.75, 3.05) is 19.8 Å². The van der Waals surface area contributed by atoms with E-state index in [-0.39, 0.29) is 6.61 Å². The van der Waals surface area contributed by atoms with Gasteiger partial charge in [-0.1, -0.05) is 6.92 Å². The van der Waals surface area contributed by atoms with Gasteiger partial charge < -0.3 is 10.1 Å². The Morgan fingerprint density at radius 2 is 2.06 bits per heavy atom. The Hall–Kier alpha value is -0.290. The first kappa shape index (κ1) is 13.8. The van der Waals surface area contributed by atoms with Crippen LogP contribution in [0.25, 0.3) is 0 Å². The topological polar surface area (TPSA) is 21.3 Å². The standard InChI is InChI=1S/C11H20F3NO/c1-2-15-10(9-5-6-9)4-3-7-16-8-11(12,13)14/h9-10,15H,2-8H2,1H3. The van der Waals surface area contributed by atoms with E-state index >= 15 is 0 Å². The Morgan fingerprint density at radius 1 is 1.38 bits per heavy atom. The third kappa shape index (κ3) is 6.33. The molecule has 1 aliphatic rings. The molecule has 2 nitrogen and oxygen atoms in total. The predicted octanol–water partition coefficient (Wildman–Crippen LogP) is 2.73. The number of rotatable bonds is 8. The molecule has 0 aromatic carbocycles. The first-order valence-corrected chi connectivity index (χ1v) is 5.91. The highest BCUT2D eigenvalue weighted by molar-refractivity contribution is 4.85. The van der Waals surface area contributed by atoms with Crippen LogP contribution in [0, 0.1) is 5.92 Å². The van der Waals surface area contributed by atoms with Crippen LogP contribution < -0.4 is 5.32 Å². The zero-order chi connectivity index (χ0) is 12.0. The summed E-state index contributed by atoms with van der Waals surface area (Å²) in [6.07, 6.45) is -0.0830. The highest BCUT2D eigenvalue weighted by atomic mass is 19.4. The van der Waals surface area contributed by atoms with Crippen molar-refractivity contribution in [1.82, 2.24) is 5.32 Å². The highest BCUT2D eigenvalue weighted by Gasteiger charge is 2.30. The molecule has 96 valence electrons. The average molecular weight is 239 g/mol. The molecule has 0 aliphatic heterocycles. The molecule has 1 atom stereocenters. The van der Waals surface area contributed by atoms with E-state index in [1.54, 1.807) is 0 Å². The van der Waals surface area contributed by atoms with Gasteiger partial charge in [0.2, 0.25) is 0 Å². The van der Waals surface area contributed by atoms with E-state index in [1.165, 1.54) is 12.8 Å². The minimum atomic E-state index is -4.20. The first-order valence-electron chi connectivity index (χ1n) is 5.91. The average Bonchev–Trinajstić information content (AvgIpc) is 2.97. The third-order valence-electron chi connectivity index (χ3n) is 2.73. The van der Waals surface area contributed by atoms with Crippen LogP contribution in [0.3, 0.4) is 0 Å². The molecule has 16 heavy (non-hydrogen) atoms. The highest BCUT2D eigenvalue weighted by Crippen LogP contribution is 2.34. The van der Waals surface area contributed by atoms with E-state index < -0.39 is 12.8 Å². The molecule has 0 saturated heterocycles. The van der Waals surface area contributed by atoms with Crippen molar-refractivity contribution >= 4 is 0 Å². The first-order chi connectivity index (χ1) is 7.53. The van der Waals surface area contributed by atoms with Crippen LogP contribution in [0.15, 0.2) is 0 Å².